The molecular weight excluding hydrogens is 382 g/mol. The van der Waals surface area contributed by atoms with Crippen LogP contribution in [0.2, 0.25) is 0 Å². The lowest BCUT2D eigenvalue weighted by Crippen LogP contribution is -2.03. The number of thioether (sulfide) groups is 1. The van der Waals surface area contributed by atoms with E-state index in [9.17, 15) is 4.79 Å². The van der Waals surface area contributed by atoms with E-state index in [4.69, 9.17) is 14.3 Å². The molecule has 1 aromatic carbocycles. The molecule has 2 heterocycles. The zero-order valence-corrected chi connectivity index (χ0v) is 16.9. The van der Waals surface area contributed by atoms with Crippen molar-refractivity contribution in [2.45, 2.75) is 26.0 Å². The number of aryl methyl sites for hydroxylation is 2. The van der Waals surface area contributed by atoms with E-state index in [0.29, 0.717) is 24.7 Å². The second kappa shape index (κ2) is 9.10. The fraction of sp³-hybridized carbons (Fsp3) is 0.300. The van der Waals surface area contributed by atoms with Crippen molar-refractivity contribution in [3.05, 3.63) is 58.3 Å². The minimum absolute atomic E-state index is 0.0998. The van der Waals surface area contributed by atoms with Gasteiger partial charge in [-0.2, -0.15) is 0 Å². The molecule has 3 aromatic rings. The van der Waals surface area contributed by atoms with Gasteiger partial charge < -0.3 is 14.3 Å². The maximum absolute atomic E-state index is 10.6. The summed E-state index contributed by atoms with van der Waals surface area (Å²) in [7, 11) is 0. The van der Waals surface area contributed by atoms with Crippen molar-refractivity contribution in [3.8, 4) is 16.5 Å². The average Bonchev–Trinajstić information content (AvgIpc) is 3.21. The number of hydrogen-bond donors (Lipinski definition) is 1. The van der Waals surface area contributed by atoms with Crippen molar-refractivity contribution in [2.24, 2.45) is 0 Å². The van der Waals surface area contributed by atoms with Crippen LogP contribution in [0, 0.1) is 13.8 Å². The Morgan fingerprint density at radius 2 is 2.19 bits per heavy atom. The van der Waals surface area contributed by atoms with Gasteiger partial charge in [0, 0.05) is 12.2 Å². The first-order chi connectivity index (χ1) is 13.0. The number of aromatic nitrogens is 1. The van der Waals surface area contributed by atoms with Crippen LogP contribution >= 0.6 is 23.1 Å². The summed E-state index contributed by atoms with van der Waals surface area (Å²) in [6.07, 6.45) is 0.664. The van der Waals surface area contributed by atoms with E-state index in [-0.39, 0.29) is 5.75 Å². The third-order valence-corrected chi connectivity index (χ3v) is 5.86. The summed E-state index contributed by atoms with van der Waals surface area (Å²) in [6, 6.07) is 9.82. The predicted molar refractivity (Wildman–Crippen MR) is 109 cm³/mol. The molecule has 1 N–H and O–H groups in total. The molecule has 0 amide bonds. The van der Waals surface area contributed by atoms with E-state index in [2.05, 4.69) is 23.4 Å². The van der Waals surface area contributed by atoms with Crippen LogP contribution in [0.5, 0.6) is 5.75 Å². The molecule has 5 nitrogen and oxygen atoms in total. The Morgan fingerprint density at radius 3 is 2.93 bits per heavy atom. The smallest absolute Gasteiger partial charge is 0.313 e. The number of carbonyl (C=O) groups is 1. The maximum Gasteiger partial charge on any atom is 0.313 e. The molecular formula is C20H21NO4S2. The van der Waals surface area contributed by atoms with E-state index in [1.54, 1.807) is 11.3 Å². The second-order valence-corrected chi connectivity index (χ2v) is 8.04. The molecule has 0 spiro atoms. The lowest BCUT2D eigenvalue weighted by Gasteiger charge is -2.07. The highest BCUT2D eigenvalue weighted by Crippen LogP contribution is 2.28. The van der Waals surface area contributed by atoms with Crippen molar-refractivity contribution < 1.29 is 19.1 Å². The zero-order chi connectivity index (χ0) is 19.2. The van der Waals surface area contributed by atoms with Crippen LogP contribution in [-0.4, -0.2) is 28.4 Å². The number of hydrogen-bond acceptors (Lipinski definition) is 6. The second-order valence-electron chi connectivity index (χ2n) is 6.14. The highest BCUT2D eigenvalue weighted by molar-refractivity contribution is 7.99. The Balaban J connectivity index is 1.54. The van der Waals surface area contributed by atoms with Gasteiger partial charge in [-0.15, -0.1) is 23.1 Å². The number of oxazole rings is 1. The van der Waals surface area contributed by atoms with E-state index in [1.165, 1.54) is 17.3 Å². The van der Waals surface area contributed by atoms with Crippen LogP contribution in [0.1, 0.15) is 22.6 Å². The third-order valence-electron chi connectivity index (χ3n) is 3.83. The number of ether oxygens (including phenoxy) is 1. The molecule has 0 unspecified atom stereocenters. The quantitative estimate of drug-likeness (QED) is 0.544. The Morgan fingerprint density at radius 1 is 1.33 bits per heavy atom. The molecule has 0 aliphatic carbocycles. The van der Waals surface area contributed by atoms with Crippen molar-refractivity contribution >= 4 is 29.1 Å². The molecule has 142 valence electrons. The summed E-state index contributed by atoms with van der Waals surface area (Å²) in [6.45, 7) is 4.48. The first-order valence-electron chi connectivity index (χ1n) is 8.54. The number of aliphatic carboxylic acids is 1. The van der Waals surface area contributed by atoms with Gasteiger partial charge in [0.2, 0.25) is 5.89 Å². The van der Waals surface area contributed by atoms with Gasteiger partial charge in [0.25, 0.3) is 0 Å². The number of thiophene rings is 1. The summed E-state index contributed by atoms with van der Waals surface area (Å²) >= 11 is 3.00. The molecule has 0 radical (unpaired) electrons. The topological polar surface area (TPSA) is 72.6 Å². The summed E-state index contributed by atoms with van der Waals surface area (Å²) in [5, 5.41) is 10.8. The summed E-state index contributed by atoms with van der Waals surface area (Å²) in [5.41, 5.74) is 3.16. The molecule has 0 aliphatic heterocycles. The van der Waals surface area contributed by atoms with E-state index < -0.39 is 5.97 Å². The van der Waals surface area contributed by atoms with Gasteiger partial charge in [0.05, 0.1) is 22.9 Å². The van der Waals surface area contributed by atoms with Crippen LogP contribution in [0.15, 0.2) is 40.1 Å². The SMILES string of the molecule is Cc1csc(-c2nc(CCOc3cccc(CSCC(=O)O)c3)c(C)o2)c1. The highest BCUT2D eigenvalue weighted by Gasteiger charge is 2.13. The van der Waals surface area contributed by atoms with E-state index >= 15 is 0 Å². The molecule has 0 aliphatic rings. The van der Waals surface area contributed by atoms with E-state index in [0.717, 1.165) is 27.6 Å². The van der Waals surface area contributed by atoms with E-state index in [1.807, 2.05) is 31.2 Å². The minimum Gasteiger partial charge on any atom is -0.493 e. The monoisotopic (exact) mass is 403 g/mol. The molecule has 0 fully saturated rings. The number of rotatable bonds is 9. The molecule has 7 heteroatoms. The molecule has 0 saturated carbocycles. The van der Waals surface area contributed by atoms with Gasteiger partial charge in [-0.3, -0.25) is 4.79 Å². The Labute approximate surface area is 166 Å². The third kappa shape index (κ3) is 5.61. The van der Waals surface area contributed by atoms with Crippen LogP contribution in [0.4, 0.5) is 0 Å². The number of nitrogens with zero attached hydrogens (tertiary/aromatic N) is 1. The number of carboxylic acids is 1. The summed E-state index contributed by atoms with van der Waals surface area (Å²) in [5.74, 6) is 2.21. The van der Waals surface area contributed by atoms with Gasteiger partial charge in [0.15, 0.2) is 0 Å². The number of benzene rings is 1. The normalized spacial score (nSPS) is 10.9. The van der Waals surface area contributed by atoms with Gasteiger partial charge >= 0.3 is 5.97 Å². The van der Waals surface area contributed by atoms with Crippen LogP contribution in [0.3, 0.4) is 0 Å². The van der Waals surface area contributed by atoms with Crippen molar-refractivity contribution in [3.63, 3.8) is 0 Å². The molecule has 2 aromatic heterocycles. The molecule has 3 rings (SSSR count). The minimum atomic E-state index is -0.799. The van der Waals surface area contributed by atoms with Crippen LogP contribution in [0.25, 0.3) is 10.8 Å². The first-order valence-corrected chi connectivity index (χ1v) is 10.6. The number of carboxylic acid groups (broad SMARTS) is 1. The van der Waals surface area contributed by atoms with Crippen LogP contribution in [-0.2, 0) is 17.0 Å². The fourth-order valence-corrected chi connectivity index (χ4v) is 4.07. The van der Waals surface area contributed by atoms with Gasteiger partial charge in [0.1, 0.15) is 11.5 Å². The lowest BCUT2D eigenvalue weighted by molar-refractivity contribution is -0.133. The summed E-state index contributed by atoms with van der Waals surface area (Å²) in [4.78, 5) is 16.2. The van der Waals surface area contributed by atoms with Gasteiger partial charge in [-0.05, 0) is 48.6 Å². The maximum atomic E-state index is 10.6. The zero-order valence-electron chi connectivity index (χ0n) is 15.2. The molecule has 0 bridgehead atoms. The van der Waals surface area contributed by atoms with Gasteiger partial charge in [-0.25, -0.2) is 4.98 Å². The Bertz CT molecular complexity index is 916. The average molecular weight is 404 g/mol. The molecule has 0 saturated heterocycles. The van der Waals surface area contributed by atoms with Crippen LogP contribution < -0.4 is 4.74 Å². The Hall–Kier alpha value is -2.25. The molecule has 0 atom stereocenters. The highest BCUT2D eigenvalue weighted by atomic mass is 32.2. The van der Waals surface area contributed by atoms with Crippen molar-refractivity contribution in [2.75, 3.05) is 12.4 Å². The van der Waals surface area contributed by atoms with Gasteiger partial charge in [-0.1, -0.05) is 12.1 Å². The lowest BCUT2D eigenvalue weighted by atomic mass is 10.2. The summed E-state index contributed by atoms with van der Waals surface area (Å²) < 4.78 is 11.6. The van der Waals surface area contributed by atoms with Crippen molar-refractivity contribution in [1.29, 1.82) is 0 Å². The Kier molecular flexibility index (Phi) is 6.58. The largest absolute Gasteiger partial charge is 0.493 e. The molecule has 27 heavy (non-hydrogen) atoms. The first kappa shape index (κ1) is 19.5. The predicted octanol–water partition coefficient (Wildman–Crippen LogP) is 4.96. The standard InChI is InChI=1S/C20H21NO4S2/c1-13-8-18(27-10-13)20-21-17(14(2)25-20)6-7-24-16-5-3-4-15(9-16)11-26-12-19(22)23/h3-5,8-10H,6-7,11-12H2,1-2H3,(H,22,23). The fourth-order valence-electron chi connectivity index (χ4n) is 2.56. The van der Waals surface area contributed by atoms with Crippen molar-refractivity contribution in [1.82, 2.24) is 4.98 Å².